The van der Waals surface area contributed by atoms with Crippen molar-refractivity contribution in [3.8, 4) is 0 Å². The van der Waals surface area contributed by atoms with Gasteiger partial charge in [-0.1, -0.05) is 17.7 Å². The van der Waals surface area contributed by atoms with Crippen LogP contribution in [-0.4, -0.2) is 28.0 Å². The van der Waals surface area contributed by atoms with E-state index in [0.29, 0.717) is 16.5 Å². The van der Waals surface area contributed by atoms with Gasteiger partial charge in [-0.05, 0) is 56.6 Å². The smallest absolute Gasteiger partial charge is 0.0501 e. The SMILES string of the molecule is [2H]C1([2H])c2c(n(C([2H])([2H])Cc3ccc(C)nc3)c3ccc(C)cc23)C([2H])([2H])C([2H])([2H])N1C. The summed E-state index contributed by atoms with van der Waals surface area (Å²) in [6.07, 6.45) is -1.26. The molecule has 0 bridgehead atoms. The second-order valence-electron chi connectivity index (χ2n) is 6.13. The van der Waals surface area contributed by atoms with Gasteiger partial charge >= 0.3 is 0 Å². The summed E-state index contributed by atoms with van der Waals surface area (Å²) in [5.41, 5.74) is 2.18. The first kappa shape index (κ1) is 8.82. The first-order valence-electron chi connectivity index (χ1n) is 11.9. The summed E-state index contributed by atoms with van der Waals surface area (Å²) in [4.78, 5) is 4.97. The van der Waals surface area contributed by atoms with Crippen molar-refractivity contribution in [2.45, 2.75) is 39.6 Å². The monoisotopic (exact) mass is 327 g/mol. The third kappa shape index (κ3) is 2.73. The van der Waals surface area contributed by atoms with E-state index >= 15 is 0 Å². The van der Waals surface area contributed by atoms with Gasteiger partial charge in [0.2, 0.25) is 0 Å². The van der Waals surface area contributed by atoms with E-state index in [4.69, 9.17) is 11.0 Å². The number of hydrogen-bond donors (Lipinski definition) is 0. The standard InChI is InChI=1S/C21H25N3/c1-15-4-7-20-18(12-15)19-14-23(3)10-9-21(19)24(20)11-8-17-6-5-16(2)22-13-17/h4-7,12-13H,8-11,14H2,1-3H3/i9D2,10D2,11D2,14D2. The Hall–Kier alpha value is -2.13. The minimum absolute atomic E-state index is 0.0373. The molecule has 3 nitrogen and oxygen atoms in total. The third-order valence-electron chi connectivity index (χ3n) is 4.16. The van der Waals surface area contributed by atoms with Crippen LogP contribution in [0.5, 0.6) is 0 Å². The number of hydrogen-bond acceptors (Lipinski definition) is 2. The maximum Gasteiger partial charge on any atom is 0.0501 e. The summed E-state index contributed by atoms with van der Waals surface area (Å²) in [6.45, 7) is -3.60. The van der Waals surface area contributed by atoms with Crippen molar-refractivity contribution in [3.05, 3.63) is 64.6 Å². The zero-order valence-corrected chi connectivity index (χ0v) is 14.0. The van der Waals surface area contributed by atoms with Crippen LogP contribution in [0.1, 0.15) is 39.0 Å². The van der Waals surface area contributed by atoms with Crippen LogP contribution in [0.25, 0.3) is 10.9 Å². The van der Waals surface area contributed by atoms with Crippen molar-refractivity contribution in [1.29, 1.82) is 0 Å². The number of aryl methyl sites for hydroxylation is 4. The molecule has 3 heteroatoms. The molecule has 1 aliphatic rings. The molecule has 0 unspecified atom stereocenters. The fourth-order valence-electron chi connectivity index (χ4n) is 2.91. The lowest BCUT2D eigenvalue weighted by atomic mass is 10.0. The normalized spacial score (nSPS) is 26.8. The van der Waals surface area contributed by atoms with E-state index in [1.54, 1.807) is 36.5 Å². The molecule has 0 amide bonds. The van der Waals surface area contributed by atoms with Crippen LogP contribution in [0.3, 0.4) is 0 Å². The maximum atomic E-state index is 8.91. The van der Waals surface area contributed by atoms with Crippen LogP contribution in [0, 0.1) is 13.8 Å². The van der Waals surface area contributed by atoms with Gasteiger partial charge < -0.3 is 9.47 Å². The number of pyridine rings is 1. The molecule has 0 spiro atoms. The summed E-state index contributed by atoms with van der Waals surface area (Å²) in [6, 6.07) is 8.64. The zero-order valence-electron chi connectivity index (χ0n) is 22.0. The maximum absolute atomic E-state index is 8.91. The number of benzene rings is 1. The van der Waals surface area contributed by atoms with E-state index in [0.717, 1.165) is 20.7 Å². The molecular weight excluding hydrogens is 294 g/mol. The molecule has 3 aromatic rings. The van der Waals surface area contributed by atoms with Crippen LogP contribution in [0.15, 0.2) is 36.5 Å². The van der Waals surface area contributed by atoms with Crippen molar-refractivity contribution in [3.63, 3.8) is 0 Å². The van der Waals surface area contributed by atoms with Gasteiger partial charge in [0.25, 0.3) is 0 Å². The summed E-state index contributed by atoms with van der Waals surface area (Å²) >= 11 is 0. The molecule has 0 N–H and O–H groups in total. The van der Waals surface area contributed by atoms with Crippen LogP contribution in [-0.2, 0) is 25.8 Å². The van der Waals surface area contributed by atoms with E-state index in [1.165, 1.54) is 7.05 Å². The van der Waals surface area contributed by atoms with E-state index in [-0.39, 0.29) is 17.7 Å². The van der Waals surface area contributed by atoms with Gasteiger partial charge in [-0.3, -0.25) is 4.98 Å². The van der Waals surface area contributed by atoms with Crippen molar-refractivity contribution >= 4 is 10.9 Å². The minimum Gasteiger partial charge on any atom is -0.344 e. The molecule has 0 saturated carbocycles. The second-order valence-corrected chi connectivity index (χ2v) is 6.13. The van der Waals surface area contributed by atoms with Crippen LogP contribution in [0.2, 0.25) is 0 Å². The van der Waals surface area contributed by atoms with Crippen LogP contribution < -0.4 is 0 Å². The molecular formula is C21H25N3. The Morgan fingerprint density at radius 2 is 2.12 bits per heavy atom. The molecule has 0 radical (unpaired) electrons. The van der Waals surface area contributed by atoms with E-state index in [9.17, 15) is 0 Å². The third-order valence-corrected chi connectivity index (χ3v) is 4.16. The van der Waals surface area contributed by atoms with Crippen molar-refractivity contribution < 1.29 is 11.0 Å². The van der Waals surface area contributed by atoms with Crippen molar-refractivity contribution in [1.82, 2.24) is 14.5 Å². The summed E-state index contributed by atoms with van der Waals surface area (Å²) in [5.74, 6) is 0. The van der Waals surface area contributed by atoms with Gasteiger partial charge in [0.15, 0.2) is 0 Å². The van der Waals surface area contributed by atoms with Gasteiger partial charge in [-0.2, -0.15) is 0 Å². The molecule has 24 heavy (non-hydrogen) atoms. The van der Waals surface area contributed by atoms with Crippen molar-refractivity contribution in [2.75, 3.05) is 13.5 Å². The van der Waals surface area contributed by atoms with Crippen LogP contribution in [0.4, 0.5) is 0 Å². The summed E-state index contributed by atoms with van der Waals surface area (Å²) in [5, 5.41) is 0.377. The number of aromatic nitrogens is 2. The fraction of sp³-hybridized carbons (Fsp3) is 0.381. The molecule has 0 saturated heterocycles. The summed E-state index contributed by atoms with van der Waals surface area (Å²) in [7, 11) is 1.21. The van der Waals surface area contributed by atoms with E-state index in [2.05, 4.69) is 4.98 Å². The number of fused-ring (bicyclic) bond motifs is 3. The molecule has 1 aliphatic heterocycles. The van der Waals surface area contributed by atoms with E-state index in [1.807, 2.05) is 13.8 Å². The highest BCUT2D eigenvalue weighted by Crippen LogP contribution is 2.31. The average molecular weight is 328 g/mol. The Bertz CT molecular complexity index is 1200. The van der Waals surface area contributed by atoms with Gasteiger partial charge in [-0.15, -0.1) is 0 Å². The molecule has 1 aromatic carbocycles. The van der Waals surface area contributed by atoms with Crippen molar-refractivity contribution in [2.24, 2.45) is 0 Å². The quantitative estimate of drug-likeness (QED) is 0.728. The highest BCUT2D eigenvalue weighted by Gasteiger charge is 2.22. The molecule has 0 fully saturated rings. The predicted molar refractivity (Wildman–Crippen MR) is 99.4 cm³/mol. The lowest BCUT2D eigenvalue weighted by Crippen LogP contribution is -2.27. The number of rotatable bonds is 3. The largest absolute Gasteiger partial charge is 0.344 e. The number of nitrogens with zero attached hydrogens (tertiary/aromatic N) is 3. The van der Waals surface area contributed by atoms with Gasteiger partial charge in [0.1, 0.15) is 0 Å². The van der Waals surface area contributed by atoms with Gasteiger partial charge in [0, 0.05) is 62.6 Å². The molecule has 0 aliphatic carbocycles. The molecule has 4 rings (SSSR count). The summed E-state index contributed by atoms with van der Waals surface area (Å²) < 4.78 is 70.6. The highest BCUT2D eigenvalue weighted by atomic mass is 15.1. The Morgan fingerprint density at radius 1 is 1.25 bits per heavy atom. The molecule has 0 atom stereocenters. The first-order chi connectivity index (χ1) is 14.6. The minimum atomic E-state index is -2.72. The Morgan fingerprint density at radius 3 is 2.92 bits per heavy atom. The molecule has 2 aromatic heterocycles. The van der Waals surface area contributed by atoms with Crippen LogP contribution >= 0.6 is 0 Å². The van der Waals surface area contributed by atoms with E-state index < -0.39 is 25.9 Å². The molecule has 3 heterocycles. The topological polar surface area (TPSA) is 21.1 Å². The molecule has 124 valence electrons. The number of likely N-dealkylation sites (N-methyl/N-ethyl adjacent to an activating group) is 1. The Kier molecular flexibility index (Phi) is 2.23. The van der Waals surface area contributed by atoms with Gasteiger partial charge in [-0.25, -0.2) is 0 Å². The zero-order chi connectivity index (χ0) is 23.9. The fourth-order valence-corrected chi connectivity index (χ4v) is 2.91. The predicted octanol–water partition coefficient (Wildman–Crippen LogP) is 3.88. The highest BCUT2D eigenvalue weighted by molar-refractivity contribution is 5.86. The second kappa shape index (κ2) is 6.06. The first-order valence-corrected chi connectivity index (χ1v) is 7.94. The van der Waals surface area contributed by atoms with Gasteiger partial charge in [0.05, 0.1) is 2.74 Å². The Balaban J connectivity index is 2.08. The Labute approximate surface area is 155 Å². The lowest BCUT2D eigenvalue weighted by Gasteiger charge is -2.24. The lowest BCUT2D eigenvalue weighted by molar-refractivity contribution is 0.309. The average Bonchev–Trinajstić information content (AvgIpc) is 3.04.